The molecule has 0 spiro atoms. The van der Waals surface area contributed by atoms with Gasteiger partial charge in [-0.05, 0) is 58.8 Å². The van der Waals surface area contributed by atoms with Gasteiger partial charge in [-0.25, -0.2) is 0 Å². The Morgan fingerprint density at radius 3 is 2.58 bits per heavy atom. The van der Waals surface area contributed by atoms with Crippen molar-refractivity contribution in [1.82, 2.24) is 0 Å². The number of hydrogen-bond donors (Lipinski definition) is 2. The van der Waals surface area contributed by atoms with Crippen molar-refractivity contribution in [3.8, 4) is 17.6 Å². The summed E-state index contributed by atoms with van der Waals surface area (Å²) < 4.78 is 5.46. The number of rotatable bonds is 4. The van der Waals surface area contributed by atoms with Crippen LogP contribution in [-0.4, -0.2) is 18.1 Å². The van der Waals surface area contributed by atoms with Gasteiger partial charge in [0.1, 0.15) is 11.6 Å². The molecule has 2 rings (SSSR count). The minimum absolute atomic E-state index is 0.0442. The largest absolute Gasteiger partial charge is 0.503 e. The predicted molar refractivity (Wildman–Crippen MR) is 95.8 cm³/mol. The molecule has 2 N–H and O–H groups in total. The highest BCUT2D eigenvalue weighted by Gasteiger charge is 2.12. The summed E-state index contributed by atoms with van der Waals surface area (Å²) in [5.74, 6) is -0.311. The fraction of sp³-hybridized carbons (Fsp3) is 0.111. The second-order valence-electron chi connectivity index (χ2n) is 5.04. The average molecular weight is 387 g/mol. The molecule has 0 radical (unpaired) electrons. The Hall–Kier alpha value is -2.78. The average Bonchev–Trinajstić information content (AvgIpc) is 2.57. The standard InChI is InChI=1S/C18H15BrN2O3/c1-11-3-5-14(6-4-11)21-18(23)13(10-20)7-12-8-15(19)17(22)16(9-12)24-2/h3-9,22H,1-2H3,(H,21,23)/b13-7-. The van der Waals surface area contributed by atoms with Crippen molar-refractivity contribution in [3.05, 3.63) is 57.6 Å². The normalized spacial score (nSPS) is 10.8. The van der Waals surface area contributed by atoms with Gasteiger partial charge in [0.15, 0.2) is 11.5 Å². The molecule has 0 bridgehead atoms. The van der Waals surface area contributed by atoms with Crippen molar-refractivity contribution in [2.24, 2.45) is 0 Å². The van der Waals surface area contributed by atoms with Crippen LogP contribution in [0, 0.1) is 18.3 Å². The zero-order valence-electron chi connectivity index (χ0n) is 13.1. The molecular weight excluding hydrogens is 372 g/mol. The van der Waals surface area contributed by atoms with Crippen LogP contribution in [0.4, 0.5) is 5.69 Å². The van der Waals surface area contributed by atoms with Crippen LogP contribution in [0.15, 0.2) is 46.4 Å². The first-order valence-electron chi connectivity index (χ1n) is 7.01. The van der Waals surface area contributed by atoms with E-state index in [9.17, 15) is 15.2 Å². The van der Waals surface area contributed by atoms with Gasteiger partial charge in [0.05, 0.1) is 11.6 Å². The lowest BCUT2D eigenvalue weighted by Gasteiger charge is -2.08. The number of benzene rings is 2. The zero-order valence-corrected chi connectivity index (χ0v) is 14.7. The van der Waals surface area contributed by atoms with E-state index in [0.29, 0.717) is 15.7 Å². The maximum absolute atomic E-state index is 12.2. The minimum Gasteiger partial charge on any atom is -0.503 e. The van der Waals surface area contributed by atoms with Gasteiger partial charge < -0.3 is 15.2 Å². The van der Waals surface area contributed by atoms with Gasteiger partial charge >= 0.3 is 0 Å². The van der Waals surface area contributed by atoms with Crippen LogP contribution in [0.25, 0.3) is 6.08 Å². The molecule has 0 fully saturated rings. The number of hydrogen-bond acceptors (Lipinski definition) is 4. The van der Waals surface area contributed by atoms with Crippen molar-refractivity contribution >= 4 is 33.6 Å². The van der Waals surface area contributed by atoms with Gasteiger partial charge in [-0.1, -0.05) is 17.7 Å². The number of nitrogens with one attached hydrogen (secondary N) is 1. The van der Waals surface area contributed by atoms with Gasteiger partial charge in [-0.3, -0.25) is 4.79 Å². The maximum Gasteiger partial charge on any atom is 0.266 e. The number of nitrogens with zero attached hydrogens (tertiary/aromatic N) is 1. The molecule has 2 aromatic carbocycles. The summed E-state index contributed by atoms with van der Waals surface area (Å²) in [6.45, 7) is 1.95. The number of carbonyl (C=O) groups is 1. The van der Waals surface area contributed by atoms with Crippen LogP contribution in [0.5, 0.6) is 11.5 Å². The summed E-state index contributed by atoms with van der Waals surface area (Å²) in [5, 5.41) is 21.7. The number of phenols is 1. The predicted octanol–water partition coefficient (Wildman–Crippen LogP) is 4.02. The smallest absolute Gasteiger partial charge is 0.266 e. The Kier molecular flexibility index (Phi) is 5.61. The molecule has 0 atom stereocenters. The van der Waals surface area contributed by atoms with E-state index in [2.05, 4.69) is 21.2 Å². The molecular formula is C18H15BrN2O3. The van der Waals surface area contributed by atoms with Crippen molar-refractivity contribution in [1.29, 1.82) is 5.26 Å². The number of carbonyl (C=O) groups excluding carboxylic acids is 1. The van der Waals surface area contributed by atoms with E-state index in [-0.39, 0.29) is 17.1 Å². The number of amides is 1. The Bertz CT molecular complexity index is 837. The van der Waals surface area contributed by atoms with E-state index in [1.54, 1.807) is 18.2 Å². The zero-order chi connectivity index (χ0) is 17.7. The van der Waals surface area contributed by atoms with E-state index in [1.165, 1.54) is 19.3 Å². The first-order valence-corrected chi connectivity index (χ1v) is 7.80. The summed E-state index contributed by atoms with van der Waals surface area (Å²) in [4.78, 5) is 12.2. The number of anilines is 1. The number of ether oxygens (including phenoxy) is 1. The van der Waals surface area contributed by atoms with Gasteiger partial charge in [0.2, 0.25) is 0 Å². The van der Waals surface area contributed by atoms with Crippen LogP contribution < -0.4 is 10.1 Å². The molecule has 122 valence electrons. The molecule has 0 aliphatic carbocycles. The summed E-state index contributed by atoms with van der Waals surface area (Å²) in [5.41, 5.74) is 2.17. The second kappa shape index (κ2) is 7.66. The van der Waals surface area contributed by atoms with E-state index in [4.69, 9.17) is 4.74 Å². The van der Waals surface area contributed by atoms with E-state index >= 15 is 0 Å². The molecule has 0 saturated carbocycles. The number of aromatic hydroxyl groups is 1. The highest BCUT2D eigenvalue weighted by Crippen LogP contribution is 2.35. The quantitative estimate of drug-likeness (QED) is 0.613. The summed E-state index contributed by atoms with van der Waals surface area (Å²) in [7, 11) is 1.42. The topological polar surface area (TPSA) is 82.3 Å². The van der Waals surface area contributed by atoms with E-state index in [1.807, 2.05) is 25.1 Å². The van der Waals surface area contributed by atoms with Gasteiger partial charge in [0, 0.05) is 5.69 Å². The van der Waals surface area contributed by atoms with Crippen molar-refractivity contribution in [3.63, 3.8) is 0 Å². The highest BCUT2D eigenvalue weighted by molar-refractivity contribution is 9.10. The molecule has 0 unspecified atom stereocenters. The van der Waals surface area contributed by atoms with E-state index < -0.39 is 5.91 Å². The Balaban J connectivity index is 2.29. The minimum atomic E-state index is -0.510. The third-order valence-electron chi connectivity index (χ3n) is 3.26. The lowest BCUT2D eigenvalue weighted by atomic mass is 10.1. The number of methoxy groups -OCH3 is 1. The third kappa shape index (κ3) is 4.15. The maximum atomic E-state index is 12.2. The first-order chi connectivity index (χ1) is 11.4. The Morgan fingerprint density at radius 1 is 1.33 bits per heavy atom. The van der Waals surface area contributed by atoms with E-state index in [0.717, 1.165) is 5.56 Å². The van der Waals surface area contributed by atoms with Gasteiger partial charge in [-0.2, -0.15) is 5.26 Å². The van der Waals surface area contributed by atoms with Crippen LogP contribution in [-0.2, 0) is 4.79 Å². The molecule has 0 aliphatic rings. The molecule has 0 saturated heterocycles. The number of nitriles is 1. The summed E-state index contributed by atoms with van der Waals surface area (Å²) >= 11 is 3.20. The third-order valence-corrected chi connectivity index (χ3v) is 3.86. The first kappa shape index (κ1) is 17.6. The van der Waals surface area contributed by atoms with Gasteiger partial charge in [-0.15, -0.1) is 0 Å². The lowest BCUT2D eigenvalue weighted by molar-refractivity contribution is -0.112. The molecule has 0 aliphatic heterocycles. The van der Waals surface area contributed by atoms with Crippen molar-refractivity contribution in [2.45, 2.75) is 6.92 Å². The lowest BCUT2D eigenvalue weighted by Crippen LogP contribution is -2.13. The van der Waals surface area contributed by atoms with Crippen LogP contribution in [0.2, 0.25) is 0 Å². The van der Waals surface area contributed by atoms with Crippen LogP contribution in [0.1, 0.15) is 11.1 Å². The molecule has 24 heavy (non-hydrogen) atoms. The SMILES string of the molecule is COc1cc(/C=C(/C#N)C(=O)Nc2ccc(C)cc2)cc(Br)c1O. The Morgan fingerprint density at radius 2 is 2.00 bits per heavy atom. The van der Waals surface area contributed by atoms with Crippen LogP contribution in [0.3, 0.4) is 0 Å². The van der Waals surface area contributed by atoms with Crippen molar-refractivity contribution in [2.75, 3.05) is 12.4 Å². The fourth-order valence-corrected chi connectivity index (χ4v) is 2.44. The molecule has 2 aromatic rings. The molecule has 6 heteroatoms. The van der Waals surface area contributed by atoms with Crippen LogP contribution >= 0.6 is 15.9 Å². The summed E-state index contributed by atoms with van der Waals surface area (Å²) in [6, 6.07) is 12.3. The number of aryl methyl sites for hydroxylation is 1. The number of halogens is 1. The molecule has 1 amide bonds. The summed E-state index contributed by atoms with van der Waals surface area (Å²) in [6.07, 6.45) is 1.43. The molecule has 5 nitrogen and oxygen atoms in total. The second-order valence-corrected chi connectivity index (χ2v) is 5.90. The molecule has 0 aromatic heterocycles. The highest BCUT2D eigenvalue weighted by atomic mass is 79.9. The molecule has 0 heterocycles. The monoisotopic (exact) mass is 386 g/mol. The Labute approximate surface area is 148 Å². The fourth-order valence-electron chi connectivity index (χ4n) is 1.98. The van der Waals surface area contributed by atoms with Gasteiger partial charge in [0.25, 0.3) is 5.91 Å². The van der Waals surface area contributed by atoms with Crippen molar-refractivity contribution < 1.29 is 14.6 Å². The number of phenolic OH excluding ortho intramolecular Hbond substituents is 1.